The van der Waals surface area contributed by atoms with Crippen LogP contribution in [0, 0.1) is 20.2 Å². The minimum absolute atomic E-state index is 0.161. The first-order valence-corrected chi connectivity index (χ1v) is 8.17. The summed E-state index contributed by atoms with van der Waals surface area (Å²) in [7, 11) is 0. The normalized spacial score (nSPS) is 11.9. The summed E-state index contributed by atoms with van der Waals surface area (Å²) in [4.78, 5) is 31.2. The molecule has 0 fully saturated rings. The van der Waals surface area contributed by atoms with Gasteiger partial charge in [-0.15, -0.1) is 0 Å². The van der Waals surface area contributed by atoms with E-state index in [0.29, 0.717) is 0 Å². The summed E-state index contributed by atoms with van der Waals surface area (Å²) in [5.74, 6) is -1.24. The molecule has 0 aliphatic carbocycles. The van der Waals surface area contributed by atoms with Crippen molar-refractivity contribution in [1.29, 1.82) is 0 Å². The molecule has 10 nitrogen and oxygen atoms in total. The molecule has 0 spiro atoms. The number of nitrogens with one attached hydrogen (secondary N) is 1. The van der Waals surface area contributed by atoms with Crippen molar-refractivity contribution in [1.82, 2.24) is 5.01 Å². The van der Waals surface area contributed by atoms with Gasteiger partial charge in [0.2, 0.25) is 5.69 Å². The van der Waals surface area contributed by atoms with Gasteiger partial charge in [0.05, 0.1) is 27.5 Å². The number of hydrogen-bond acceptors (Lipinski definition) is 7. The maximum absolute atomic E-state index is 13.0. The smallest absolute Gasteiger partial charge is 0.416 e. The molecule has 0 radical (unpaired) electrons. The minimum atomic E-state index is -5.06. The maximum Gasteiger partial charge on any atom is 0.416 e. The topological polar surface area (TPSA) is 139 Å². The number of carboxylic acid groups (broad SMARTS) is 1. The molecule has 0 unspecified atom stereocenters. The molecule has 1 rings (SSSR count). The molecule has 0 aromatic heterocycles. The Bertz CT molecular complexity index is 876. The van der Waals surface area contributed by atoms with Gasteiger partial charge in [-0.2, -0.15) is 13.2 Å². The molecule has 0 saturated carbocycles. The van der Waals surface area contributed by atoms with Gasteiger partial charge < -0.3 is 5.11 Å². The van der Waals surface area contributed by atoms with Gasteiger partial charge in [0.15, 0.2) is 0 Å². The highest BCUT2D eigenvalue weighted by Crippen LogP contribution is 2.41. The van der Waals surface area contributed by atoms with Crippen LogP contribution in [0.5, 0.6) is 0 Å². The van der Waals surface area contributed by atoms with Gasteiger partial charge >= 0.3 is 23.5 Å². The van der Waals surface area contributed by atoms with Crippen molar-refractivity contribution in [2.24, 2.45) is 0 Å². The van der Waals surface area contributed by atoms with Crippen LogP contribution in [0.2, 0.25) is 0 Å². The lowest BCUT2D eigenvalue weighted by molar-refractivity contribution is -0.392. The van der Waals surface area contributed by atoms with Gasteiger partial charge in [0.25, 0.3) is 0 Å². The lowest BCUT2D eigenvalue weighted by Crippen LogP contribution is -2.31. The van der Waals surface area contributed by atoms with Gasteiger partial charge in [0, 0.05) is 18.7 Å². The number of anilines is 1. The molecular weight excluding hydrogens is 413 g/mol. The summed E-state index contributed by atoms with van der Waals surface area (Å²) >= 11 is 0. The third-order valence-corrected chi connectivity index (χ3v) is 3.59. The van der Waals surface area contributed by atoms with Crippen LogP contribution in [0.25, 0.3) is 0 Å². The molecule has 0 heterocycles. The number of hydrazine groups is 1. The Morgan fingerprint density at radius 1 is 1.27 bits per heavy atom. The van der Waals surface area contributed by atoms with Gasteiger partial charge in [0.1, 0.15) is 0 Å². The molecule has 2 N–H and O–H groups in total. The number of nitro benzene ring substituents is 2. The van der Waals surface area contributed by atoms with Crippen molar-refractivity contribution in [2.75, 3.05) is 12.0 Å². The van der Waals surface area contributed by atoms with Crippen LogP contribution in [0.3, 0.4) is 0 Å². The molecule has 0 amide bonds. The van der Waals surface area contributed by atoms with Crippen molar-refractivity contribution in [3.05, 3.63) is 74.5 Å². The molecule has 0 aliphatic heterocycles. The standard InChI is InChI=1S/C17H17F3N4O6/c1-3-5-6-12(4-2)22(8-7-15(25)26)21-16-13(23(27)28)9-11(17(18,19)20)10-14(16)24(29)30/h3-6,9-10,21H,2,7-8H2,1H3,(H,25,26)/b5-3-,12-6+. The van der Waals surface area contributed by atoms with E-state index in [-0.39, 0.29) is 24.4 Å². The van der Waals surface area contributed by atoms with E-state index in [1.54, 1.807) is 13.0 Å². The number of nitrogens with zero attached hydrogens (tertiary/aromatic N) is 3. The highest BCUT2D eigenvalue weighted by Gasteiger charge is 2.38. The van der Waals surface area contributed by atoms with Crippen LogP contribution in [-0.2, 0) is 11.0 Å². The van der Waals surface area contributed by atoms with Crippen molar-refractivity contribution in [2.45, 2.75) is 19.5 Å². The van der Waals surface area contributed by atoms with Crippen LogP contribution in [0.15, 0.2) is 48.7 Å². The van der Waals surface area contributed by atoms with Crippen molar-refractivity contribution in [3.63, 3.8) is 0 Å². The van der Waals surface area contributed by atoms with Crippen LogP contribution in [-0.4, -0.2) is 32.5 Å². The van der Waals surface area contributed by atoms with E-state index >= 15 is 0 Å². The fourth-order valence-electron chi connectivity index (χ4n) is 2.23. The second-order valence-corrected chi connectivity index (χ2v) is 5.63. The first-order valence-electron chi connectivity index (χ1n) is 8.17. The van der Waals surface area contributed by atoms with Crippen LogP contribution in [0.4, 0.5) is 30.2 Å². The SMILES string of the molecule is C=C/C(=C\C=C/C)N(CCC(=O)O)Nc1c([N+](=O)[O-])cc(C(F)(F)F)cc1[N+](=O)[O-]. The highest BCUT2D eigenvalue weighted by atomic mass is 19.4. The van der Waals surface area contributed by atoms with Crippen molar-refractivity contribution >= 4 is 23.0 Å². The zero-order valence-corrected chi connectivity index (χ0v) is 15.5. The zero-order valence-electron chi connectivity index (χ0n) is 15.5. The van der Waals surface area contributed by atoms with Crippen molar-refractivity contribution < 1.29 is 32.9 Å². The Balaban J connectivity index is 3.67. The first kappa shape index (κ1) is 24.1. The predicted octanol–water partition coefficient (Wildman–Crippen LogP) is 4.27. The Kier molecular flexibility index (Phi) is 8.08. The van der Waals surface area contributed by atoms with Gasteiger partial charge in [-0.3, -0.25) is 35.5 Å². The van der Waals surface area contributed by atoms with Gasteiger partial charge in [-0.1, -0.05) is 18.7 Å². The summed E-state index contributed by atoms with van der Waals surface area (Å²) in [6, 6.07) is 0.321. The van der Waals surface area contributed by atoms with Crippen LogP contribution < -0.4 is 5.43 Å². The fraction of sp³-hybridized carbons (Fsp3) is 0.235. The third kappa shape index (κ3) is 6.32. The summed E-state index contributed by atoms with van der Waals surface area (Å²) in [5.41, 5.74) is -2.33. The molecule has 30 heavy (non-hydrogen) atoms. The Morgan fingerprint density at radius 3 is 2.17 bits per heavy atom. The first-order chi connectivity index (χ1) is 13.9. The van der Waals surface area contributed by atoms with E-state index in [4.69, 9.17) is 5.11 Å². The molecule has 0 atom stereocenters. The second kappa shape index (κ2) is 10.0. The summed E-state index contributed by atoms with van der Waals surface area (Å²) < 4.78 is 39.1. The monoisotopic (exact) mass is 430 g/mol. The number of alkyl halides is 3. The molecule has 0 saturated heterocycles. The average Bonchev–Trinajstić information content (AvgIpc) is 2.64. The number of allylic oxidation sites excluding steroid dienone is 4. The van der Waals surface area contributed by atoms with E-state index in [2.05, 4.69) is 12.0 Å². The molecule has 1 aromatic carbocycles. The number of nitro groups is 2. The number of hydrogen-bond donors (Lipinski definition) is 2. The van der Waals surface area contributed by atoms with E-state index in [0.717, 1.165) is 5.01 Å². The lowest BCUT2D eigenvalue weighted by atomic mass is 10.1. The third-order valence-electron chi connectivity index (χ3n) is 3.59. The number of carbonyl (C=O) groups is 1. The fourth-order valence-corrected chi connectivity index (χ4v) is 2.23. The Labute approximate surface area is 167 Å². The minimum Gasteiger partial charge on any atom is -0.481 e. The van der Waals surface area contributed by atoms with E-state index in [1.165, 1.54) is 18.2 Å². The van der Waals surface area contributed by atoms with Crippen molar-refractivity contribution in [3.8, 4) is 0 Å². The average molecular weight is 430 g/mol. The zero-order chi connectivity index (χ0) is 23.1. The molecule has 13 heteroatoms. The lowest BCUT2D eigenvalue weighted by Gasteiger charge is -2.26. The van der Waals surface area contributed by atoms with E-state index in [9.17, 15) is 38.2 Å². The number of carboxylic acids is 1. The predicted molar refractivity (Wildman–Crippen MR) is 100 cm³/mol. The van der Waals surface area contributed by atoms with Gasteiger partial charge in [-0.05, 0) is 19.1 Å². The summed E-state index contributed by atoms with van der Waals surface area (Å²) in [6.45, 7) is 4.85. The molecular formula is C17H17F3N4O6. The molecule has 0 bridgehead atoms. The number of aliphatic carboxylic acids is 1. The second-order valence-electron chi connectivity index (χ2n) is 5.63. The molecule has 1 aromatic rings. The van der Waals surface area contributed by atoms with Crippen LogP contribution in [0.1, 0.15) is 18.9 Å². The van der Waals surface area contributed by atoms with E-state index in [1.807, 2.05) is 0 Å². The van der Waals surface area contributed by atoms with Crippen LogP contribution >= 0.6 is 0 Å². The maximum atomic E-state index is 13.0. The summed E-state index contributed by atoms with van der Waals surface area (Å²) in [6.07, 6.45) is 0.218. The largest absolute Gasteiger partial charge is 0.481 e. The number of halogens is 3. The van der Waals surface area contributed by atoms with E-state index < -0.39 is 51.0 Å². The quantitative estimate of drug-likeness (QED) is 0.319. The number of benzene rings is 1. The van der Waals surface area contributed by atoms with Gasteiger partial charge in [-0.25, -0.2) is 0 Å². The molecule has 162 valence electrons. The summed E-state index contributed by atoms with van der Waals surface area (Å²) in [5, 5.41) is 32.6. The highest BCUT2D eigenvalue weighted by molar-refractivity contribution is 5.75. The number of rotatable bonds is 10. The Morgan fingerprint density at radius 2 is 1.80 bits per heavy atom. The Hall–Kier alpha value is -3.90. The molecule has 0 aliphatic rings.